The molecule has 178 valence electrons. The van der Waals surface area contributed by atoms with E-state index in [1.165, 1.54) is 18.4 Å². The fourth-order valence-corrected chi connectivity index (χ4v) is 3.83. The van der Waals surface area contributed by atoms with Crippen molar-refractivity contribution in [2.75, 3.05) is 33.3 Å². The summed E-state index contributed by atoms with van der Waals surface area (Å²) in [5, 5.41) is 15.4. The van der Waals surface area contributed by atoms with Gasteiger partial charge in [0.1, 0.15) is 18.1 Å². The molecule has 1 unspecified atom stereocenters. The Morgan fingerprint density at radius 1 is 1.16 bits per heavy atom. The zero-order valence-corrected chi connectivity index (χ0v) is 22.1. The lowest BCUT2D eigenvalue weighted by atomic mass is 10.1. The van der Waals surface area contributed by atoms with Crippen molar-refractivity contribution in [2.45, 2.75) is 52.1 Å². The molecule has 3 rings (SSSR count). The molecule has 0 bridgehead atoms. The minimum Gasteiger partial charge on any atom is -0.497 e. The Labute approximate surface area is 209 Å². The molecule has 1 aromatic heterocycles. The summed E-state index contributed by atoms with van der Waals surface area (Å²) < 4.78 is 7.33. The molecule has 0 spiro atoms. The van der Waals surface area contributed by atoms with Gasteiger partial charge in [-0.15, -0.1) is 34.2 Å². The van der Waals surface area contributed by atoms with Crippen LogP contribution in [-0.2, 0) is 13.6 Å². The van der Waals surface area contributed by atoms with E-state index < -0.39 is 0 Å². The minimum atomic E-state index is 0. The van der Waals surface area contributed by atoms with Crippen LogP contribution in [0.5, 0.6) is 5.75 Å². The Morgan fingerprint density at radius 3 is 2.47 bits per heavy atom. The fraction of sp³-hybridized carbons (Fsp3) is 0.609. The number of hydrogen-bond donors (Lipinski definition) is 2. The number of unbranched alkanes of at least 4 members (excludes halogenated alkanes) is 1. The lowest BCUT2D eigenvalue weighted by Gasteiger charge is -2.29. The van der Waals surface area contributed by atoms with Crippen molar-refractivity contribution in [3.8, 4) is 5.75 Å². The van der Waals surface area contributed by atoms with Crippen LogP contribution in [0.2, 0.25) is 0 Å². The number of ether oxygens (including phenoxy) is 1. The molecule has 2 heterocycles. The van der Waals surface area contributed by atoms with Crippen LogP contribution in [0.15, 0.2) is 29.3 Å². The highest BCUT2D eigenvalue weighted by Crippen LogP contribution is 2.26. The number of nitrogens with zero attached hydrogens (tertiary/aromatic N) is 5. The van der Waals surface area contributed by atoms with Gasteiger partial charge >= 0.3 is 0 Å². The van der Waals surface area contributed by atoms with Crippen molar-refractivity contribution in [3.05, 3.63) is 41.5 Å². The Hall–Kier alpha value is -1.88. The van der Waals surface area contributed by atoms with Crippen LogP contribution in [0.4, 0.5) is 0 Å². The molecule has 2 aromatic rings. The second-order valence-corrected chi connectivity index (χ2v) is 8.08. The molecule has 1 aliphatic rings. The highest BCUT2D eigenvalue weighted by atomic mass is 127. The third-order valence-electron chi connectivity index (χ3n) is 5.93. The molecule has 1 atom stereocenters. The summed E-state index contributed by atoms with van der Waals surface area (Å²) in [7, 11) is 3.68. The first-order valence-corrected chi connectivity index (χ1v) is 11.4. The van der Waals surface area contributed by atoms with Gasteiger partial charge in [-0.1, -0.05) is 25.5 Å². The summed E-state index contributed by atoms with van der Waals surface area (Å²) in [5.74, 6) is 3.47. The van der Waals surface area contributed by atoms with Crippen molar-refractivity contribution in [3.63, 3.8) is 0 Å². The quantitative estimate of drug-likeness (QED) is 0.203. The third-order valence-corrected chi connectivity index (χ3v) is 5.93. The van der Waals surface area contributed by atoms with Crippen molar-refractivity contribution >= 4 is 29.9 Å². The number of nitrogens with one attached hydrogen (secondary N) is 2. The molecule has 0 saturated carbocycles. The second kappa shape index (κ2) is 13.6. The van der Waals surface area contributed by atoms with Gasteiger partial charge in [-0.3, -0.25) is 4.90 Å². The first-order chi connectivity index (χ1) is 15.1. The summed E-state index contributed by atoms with van der Waals surface area (Å²) in [6.07, 6.45) is 4.77. The maximum Gasteiger partial charge on any atom is 0.191 e. The fourth-order valence-electron chi connectivity index (χ4n) is 3.83. The van der Waals surface area contributed by atoms with Crippen molar-refractivity contribution in [2.24, 2.45) is 12.0 Å². The molecule has 0 radical (unpaired) electrons. The average molecular weight is 556 g/mol. The SMILES string of the molecule is CCCCNC(=NCc1nnc(C)n1C)NCC(c1ccc(OC)cc1)N1CCCC1.I. The first-order valence-electron chi connectivity index (χ1n) is 11.4. The lowest BCUT2D eigenvalue weighted by Crippen LogP contribution is -2.43. The molecule has 1 saturated heterocycles. The van der Waals surface area contributed by atoms with E-state index in [1.54, 1.807) is 7.11 Å². The standard InChI is InChI=1S/C23H37N7O.HI/c1-5-6-13-24-23(26-17-22-28-27-18(2)29(22)3)25-16-21(30-14-7-8-15-30)19-9-11-20(31-4)12-10-19;/h9-12,21H,5-8,13-17H2,1-4H3,(H2,24,25,26);1H. The van der Waals surface area contributed by atoms with Gasteiger partial charge in [-0.05, 0) is 57.0 Å². The summed E-state index contributed by atoms with van der Waals surface area (Å²) in [4.78, 5) is 7.35. The van der Waals surface area contributed by atoms with Gasteiger partial charge in [-0.2, -0.15) is 0 Å². The van der Waals surface area contributed by atoms with E-state index in [1.807, 2.05) is 30.7 Å². The van der Waals surface area contributed by atoms with E-state index in [2.05, 4.69) is 44.8 Å². The number of aryl methyl sites for hydroxylation is 1. The maximum absolute atomic E-state index is 5.34. The molecule has 0 aliphatic carbocycles. The highest BCUT2D eigenvalue weighted by Gasteiger charge is 2.23. The number of halogens is 1. The molecule has 8 nitrogen and oxygen atoms in total. The van der Waals surface area contributed by atoms with Gasteiger partial charge < -0.3 is 19.9 Å². The number of aromatic nitrogens is 3. The average Bonchev–Trinajstić information content (AvgIpc) is 3.43. The van der Waals surface area contributed by atoms with Gasteiger partial charge in [0.25, 0.3) is 0 Å². The van der Waals surface area contributed by atoms with E-state index in [-0.39, 0.29) is 24.0 Å². The maximum atomic E-state index is 5.34. The van der Waals surface area contributed by atoms with Crippen LogP contribution in [0.1, 0.15) is 55.9 Å². The van der Waals surface area contributed by atoms with E-state index in [0.29, 0.717) is 12.6 Å². The Balaban J connectivity index is 0.00000363. The molecule has 9 heteroatoms. The lowest BCUT2D eigenvalue weighted by molar-refractivity contribution is 0.245. The number of guanidine groups is 1. The van der Waals surface area contributed by atoms with E-state index >= 15 is 0 Å². The summed E-state index contributed by atoms with van der Waals surface area (Å²) in [5.41, 5.74) is 1.30. The topological polar surface area (TPSA) is 79.6 Å². The first kappa shape index (κ1) is 26.4. The zero-order chi connectivity index (χ0) is 22.1. The Bertz CT molecular complexity index is 831. The predicted octanol–water partition coefficient (Wildman–Crippen LogP) is 3.42. The smallest absolute Gasteiger partial charge is 0.191 e. The summed E-state index contributed by atoms with van der Waals surface area (Å²) in [6, 6.07) is 8.73. The molecule has 1 aliphatic heterocycles. The van der Waals surface area contributed by atoms with Crippen LogP contribution in [0.3, 0.4) is 0 Å². The highest BCUT2D eigenvalue weighted by molar-refractivity contribution is 14.0. The molecular weight excluding hydrogens is 517 g/mol. The van der Waals surface area contributed by atoms with E-state index in [9.17, 15) is 0 Å². The number of aliphatic imine (C=N–C) groups is 1. The molecule has 1 fully saturated rings. The van der Waals surface area contributed by atoms with Crippen molar-refractivity contribution < 1.29 is 4.74 Å². The van der Waals surface area contributed by atoms with Crippen LogP contribution < -0.4 is 15.4 Å². The molecule has 1 aromatic carbocycles. The van der Waals surface area contributed by atoms with E-state index in [0.717, 1.165) is 62.4 Å². The number of rotatable bonds is 10. The molecule has 0 amide bonds. The number of benzene rings is 1. The van der Waals surface area contributed by atoms with Crippen LogP contribution >= 0.6 is 24.0 Å². The molecule has 2 N–H and O–H groups in total. The number of likely N-dealkylation sites (tertiary alicyclic amines) is 1. The van der Waals surface area contributed by atoms with Crippen LogP contribution in [0.25, 0.3) is 0 Å². The van der Waals surface area contributed by atoms with Crippen LogP contribution in [-0.4, -0.2) is 58.9 Å². The minimum absolute atomic E-state index is 0. The monoisotopic (exact) mass is 555 g/mol. The van der Waals surface area contributed by atoms with Crippen LogP contribution in [0, 0.1) is 6.92 Å². The van der Waals surface area contributed by atoms with Gasteiger partial charge in [0.2, 0.25) is 0 Å². The second-order valence-electron chi connectivity index (χ2n) is 8.08. The largest absolute Gasteiger partial charge is 0.497 e. The number of hydrogen-bond acceptors (Lipinski definition) is 5. The summed E-state index contributed by atoms with van der Waals surface area (Å²) >= 11 is 0. The van der Waals surface area contributed by atoms with Gasteiger partial charge in [-0.25, -0.2) is 4.99 Å². The van der Waals surface area contributed by atoms with E-state index in [4.69, 9.17) is 9.73 Å². The predicted molar refractivity (Wildman–Crippen MR) is 140 cm³/mol. The van der Waals surface area contributed by atoms with Gasteiger partial charge in [0.05, 0.1) is 13.2 Å². The van der Waals surface area contributed by atoms with Gasteiger partial charge in [0.15, 0.2) is 11.8 Å². The zero-order valence-electron chi connectivity index (χ0n) is 19.8. The summed E-state index contributed by atoms with van der Waals surface area (Å²) in [6.45, 7) is 8.60. The Kier molecular flexibility index (Phi) is 11.2. The number of methoxy groups -OCH3 is 1. The molecule has 32 heavy (non-hydrogen) atoms. The molecular formula is C23H38IN7O. The Morgan fingerprint density at radius 2 is 1.88 bits per heavy atom. The van der Waals surface area contributed by atoms with Gasteiger partial charge in [0, 0.05) is 20.1 Å². The van der Waals surface area contributed by atoms with Crippen molar-refractivity contribution in [1.82, 2.24) is 30.3 Å². The normalized spacial score (nSPS) is 15.3. The third kappa shape index (κ3) is 7.33. The van der Waals surface area contributed by atoms with Crippen molar-refractivity contribution in [1.29, 1.82) is 0 Å².